The lowest BCUT2D eigenvalue weighted by Crippen LogP contribution is -2.42. The maximum absolute atomic E-state index is 12.2. The summed E-state index contributed by atoms with van der Waals surface area (Å²) in [5.74, 6) is -0.438. The molecular formula is C10H19F4N2O6S2+. The summed E-state index contributed by atoms with van der Waals surface area (Å²) in [5.41, 5.74) is 0. The lowest BCUT2D eigenvalue weighted by Gasteiger charge is -2.29. The second kappa shape index (κ2) is 8.94. The average molecular weight is 403 g/mol. The van der Waals surface area contributed by atoms with Crippen LogP contribution in [-0.4, -0.2) is 70.8 Å². The predicted molar refractivity (Wildman–Crippen MR) is 75.7 cm³/mol. The van der Waals surface area contributed by atoms with Gasteiger partial charge in [0.1, 0.15) is 0 Å². The summed E-state index contributed by atoms with van der Waals surface area (Å²) in [6.45, 7) is -0.0282. The van der Waals surface area contributed by atoms with Crippen molar-refractivity contribution in [3.05, 3.63) is 11.1 Å². The molecule has 1 N–H and O–H groups in total. The first-order valence-corrected chi connectivity index (χ1v) is 9.53. The van der Waals surface area contributed by atoms with Crippen molar-refractivity contribution >= 4 is 20.2 Å². The Morgan fingerprint density at radius 1 is 1.08 bits per heavy atom. The lowest BCUT2D eigenvalue weighted by atomic mass is 10.3. The smallest absolute Gasteiger partial charge is 0.323 e. The van der Waals surface area contributed by atoms with E-state index in [4.69, 9.17) is 4.55 Å². The van der Waals surface area contributed by atoms with Gasteiger partial charge < -0.3 is 4.48 Å². The summed E-state index contributed by atoms with van der Waals surface area (Å²) >= 11 is 0. The van der Waals surface area contributed by atoms with Crippen LogP contribution in [0, 0.1) is 0 Å². The molecule has 0 heterocycles. The number of hydrogen-bond acceptors (Lipinski definition) is 6. The van der Waals surface area contributed by atoms with Gasteiger partial charge in [0.2, 0.25) is 0 Å². The highest BCUT2D eigenvalue weighted by Crippen LogP contribution is 2.22. The Labute approximate surface area is 137 Å². The fourth-order valence-corrected chi connectivity index (χ4v) is 3.05. The fourth-order valence-electron chi connectivity index (χ4n) is 1.75. The second-order valence-electron chi connectivity index (χ2n) is 5.45. The van der Waals surface area contributed by atoms with Gasteiger partial charge in [0, 0.05) is 12.8 Å². The minimum atomic E-state index is -5.29. The summed E-state index contributed by atoms with van der Waals surface area (Å²) in [5, 5.41) is -4.75. The molecule has 0 amide bonds. The van der Waals surface area contributed by atoms with Crippen LogP contribution >= 0.6 is 0 Å². The molecule has 0 spiro atoms. The molecule has 0 saturated carbocycles. The molecule has 0 aromatic heterocycles. The Morgan fingerprint density at radius 2 is 1.58 bits per heavy atom. The molecule has 0 aliphatic rings. The molecule has 0 aliphatic heterocycles. The molecular weight excluding hydrogens is 384 g/mol. The van der Waals surface area contributed by atoms with Crippen LogP contribution in [0.2, 0.25) is 0 Å². The quantitative estimate of drug-likeness (QED) is 0.138. The van der Waals surface area contributed by atoms with E-state index in [9.17, 15) is 34.6 Å². The van der Waals surface area contributed by atoms with Crippen LogP contribution in [0.4, 0.5) is 17.7 Å². The van der Waals surface area contributed by atoms with Crippen molar-refractivity contribution in [1.29, 1.82) is 0 Å². The van der Waals surface area contributed by atoms with Crippen molar-refractivity contribution in [3.63, 3.8) is 0 Å². The number of halogens is 4. The zero-order valence-electron chi connectivity index (χ0n) is 13.0. The Balaban J connectivity index is 4.44. The molecule has 0 aromatic rings. The average Bonchev–Trinajstić information content (AvgIpc) is 2.31. The Morgan fingerprint density at radius 3 is 2.00 bits per heavy atom. The third-order valence-corrected chi connectivity index (χ3v) is 4.91. The summed E-state index contributed by atoms with van der Waals surface area (Å²) in [7, 11) is -6.02. The van der Waals surface area contributed by atoms with E-state index in [-0.39, 0.29) is 23.9 Å². The standard InChI is InChI=1S/C10H18F4N2O6S2/c1-16(2,6-4-8-23(17,18)19)5-3-7-22-24(20,21)10(9(11)12)15(13)14/h3-8H2,1-2H3/p+1. The highest BCUT2D eigenvalue weighted by Gasteiger charge is 2.32. The van der Waals surface area contributed by atoms with Crippen molar-refractivity contribution < 1.29 is 47.8 Å². The maximum atomic E-state index is 12.2. The van der Waals surface area contributed by atoms with Gasteiger partial charge in [0.05, 0.1) is 39.5 Å². The number of hydrogen-bond donors (Lipinski definition) is 1. The van der Waals surface area contributed by atoms with Gasteiger partial charge in [0.25, 0.3) is 15.1 Å². The first-order valence-electron chi connectivity index (χ1n) is 6.51. The highest BCUT2D eigenvalue weighted by molar-refractivity contribution is 7.90. The van der Waals surface area contributed by atoms with E-state index < -0.39 is 49.0 Å². The summed E-state index contributed by atoms with van der Waals surface area (Å²) in [4.78, 5) is 0. The third kappa shape index (κ3) is 9.36. The minimum Gasteiger partial charge on any atom is -0.328 e. The monoisotopic (exact) mass is 403 g/mol. The SMILES string of the molecule is C[N+](C)(CCCOS(=O)(=O)C(=C(F)F)N(F)F)CCCS(=O)(=O)O. The summed E-state index contributed by atoms with van der Waals surface area (Å²) in [6.07, 6.45) is -2.93. The second-order valence-corrected chi connectivity index (χ2v) is 8.55. The van der Waals surface area contributed by atoms with Gasteiger partial charge in [-0.15, -0.1) is 0 Å². The molecule has 0 saturated heterocycles. The maximum Gasteiger partial charge on any atom is 0.323 e. The van der Waals surface area contributed by atoms with Crippen LogP contribution in [0.15, 0.2) is 11.1 Å². The zero-order valence-corrected chi connectivity index (χ0v) is 14.6. The molecule has 24 heavy (non-hydrogen) atoms. The molecule has 144 valence electrons. The number of quaternary nitrogens is 1. The topological polar surface area (TPSA) is 101 Å². The van der Waals surface area contributed by atoms with Crippen LogP contribution in [-0.2, 0) is 24.4 Å². The normalized spacial score (nSPS) is 13.0. The van der Waals surface area contributed by atoms with Crippen molar-refractivity contribution in [2.45, 2.75) is 12.8 Å². The van der Waals surface area contributed by atoms with Crippen LogP contribution in [0.1, 0.15) is 12.8 Å². The van der Waals surface area contributed by atoms with Crippen molar-refractivity contribution in [3.8, 4) is 0 Å². The lowest BCUT2D eigenvalue weighted by molar-refractivity contribution is -0.890. The molecule has 0 unspecified atom stereocenters. The zero-order chi connectivity index (χ0) is 19.2. The third-order valence-electron chi connectivity index (χ3n) is 2.86. The Hall–Kier alpha value is -0.960. The Bertz CT molecular complexity index is 644. The molecule has 0 aromatic carbocycles. The molecule has 0 fully saturated rings. The molecule has 0 rings (SSSR count). The molecule has 8 nitrogen and oxygen atoms in total. The molecule has 14 heteroatoms. The van der Waals surface area contributed by atoms with Gasteiger partial charge in [-0.2, -0.15) is 25.6 Å². The van der Waals surface area contributed by atoms with E-state index in [0.717, 1.165) is 0 Å². The fraction of sp³-hybridized carbons (Fsp3) is 0.800. The van der Waals surface area contributed by atoms with E-state index in [1.165, 1.54) is 0 Å². The molecule has 0 atom stereocenters. The van der Waals surface area contributed by atoms with E-state index in [1.54, 1.807) is 14.1 Å². The van der Waals surface area contributed by atoms with E-state index >= 15 is 0 Å². The first kappa shape index (κ1) is 23.0. The van der Waals surface area contributed by atoms with Crippen LogP contribution in [0.3, 0.4) is 0 Å². The largest absolute Gasteiger partial charge is 0.328 e. The van der Waals surface area contributed by atoms with Crippen LogP contribution < -0.4 is 0 Å². The minimum absolute atomic E-state index is 0.0257. The van der Waals surface area contributed by atoms with Crippen molar-refractivity contribution in [2.75, 3.05) is 39.5 Å². The van der Waals surface area contributed by atoms with Gasteiger partial charge in [-0.25, -0.2) is 0 Å². The van der Waals surface area contributed by atoms with E-state index in [1.807, 2.05) is 0 Å². The molecule has 0 bridgehead atoms. The first-order chi connectivity index (χ1) is 10.7. The molecule has 0 aliphatic carbocycles. The van der Waals surface area contributed by atoms with Gasteiger partial charge in [-0.05, 0) is 5.34 Å². The Kier molecular flexibility index (Phi) is 8.58. The molecule has 0 radical (unpaired) electrons. The van der Waals surface area contributed by atoms with Gasteiger partial charge in [-0.3, -0.25) is 8.74 Å². The van der Waals surface area contributed by atoms with Crippen molar-refractivity contribution in [1.82, 2.24) is 5.34 Å². The van der Waals surface area contributed by atoms with Crippen LogP contribution in [0.5, 0.6) is 0 Å². The van der Waals surface area contributed by atoms with Crippen LogP contribution in [0.25, 0.3) is 0 Å². The van der Waals surface area contributed by atoms with Gasteiger partial charge in [0.15, 0.2) is 0 Å². The van der Waals surface area contributed by atoms with Gasteiger partial charge >= 0.3 is 16.2 Å². The number of rotatable bonds is 11. The summed E-state index contributed by atoms with van der Waals surface area (Å²) in [6, 6.07) is 0. The van der Waals surface area contributed by atoms with Crippen molar-refractivity contribution in [2.24, 2.45) is 0 Å². The van der Waals surface area contributed by atoms with E-state index in [0.29, 0.717) is 6.54 Å². The predicted octanol–water partition coefficient (Wildman–Crippen LogP) is 1.21. The highest BCUT2D eigenvalue weighted by atomic mass is 32.2. The van der Waals surface area contributed by atoms with E-state index in [2.05, 4.69) is 4.18 Å². The number of nitrogens with zero attached hydrogens (tertiary/aromatic N) is 2. The summed E-state index contributed by atoms with van der Waals surface area (Å²) < 4.78 is 105. The van der Waals surface area contributed by atoms with Gasteiger partial charge in [-0.1, -0.05) is 8.96 Å².